The number of thiophene rings is 1. The molecule has 1 aliphatic carbocycles. The van der Waals surface area contributed by atoms with Gasteiger partial charge in [0.2, 0.25) is 0 Å². The number of fused-ring (bicyclic) bond motifs is 9. The molecule has 0 radical (unpaired) electrons. The molecule has 4 nitrogen and oxygen atoms in total. The lowest BCUT2D eigenvalue weighted by molar-refractivity contribution is 0.661. The quantitative estimate of drug-likeness (QED) is 0.184. The van der Waals surface area contributed by atoms with E-state index in [2.05, 4.69) is 158 Å². The van der Waals surface area contributed by atoms with Crippen LogP contribution in [-0.2, 0) is 5.41 Å². The Labute approximate surface area is 310 Å². The van der Waals surface area contributed by atoms with E-state index in [0.717, 1.165) is 22.4 Å². The van der Waals surface area contributed by atoms with Crippen molar-refractivity contribution in [1.29, 1.82) is 0 Å². The molecule has 5 heteroatoms. The lowest BCUT2D eigenvalue weighted by Crippen LogP contribution is -2.14. The molecule has 0 spiro atoms. The lowest BCUT2D eigenvalue weighted by atomic mass is 9.82. The number of nitrogens with zero attached hydrogens (tertiary/aromatic N) is 4. The lowest BCUT2D eigenvalue weighted by Gasteiger charge is -2.21. The molecule has 0 saturated carbocycles. The Bertz CT molecular complexity index is 3100. The zero-order valence-electron chi connectivity index (χ0n) is 29.2. The van der Waals surface area contributed by atoms with Gasteiger partial charge in [-0.05, 0) is 64.7 Å². The monoisotopic (exact) mass is 696 g/mol. The average Bonchev–Trinajstić information content (AvgIpc) is 3.83. The van der Waals surface area contributed by atoms with E-state index in [9.17, 15) is 0 Å². The highest BCUT2D eigenvalue weighted by Crippen LogP contribution is 2.51. The third-order valence-electron chi connectivity index (χ3n) is 11.0. The van der Waals surface area contributed by atoms with Crippen molar-refractivity contribution in [1.82, 2.24) is 19.5 Å². The first-order valence-corrected chi connectivity index (χ1v) is 18.9. The Morgan fingerprint density at radius 3 is 2.00 bits per heavy atom. The predicted octanol–water partition coefficient (Wildman–Crippen LogP) is 12.6. The highest BCUT2D eigenvalue weighted by atomic mass is 32.1. The van der Waals surface area contributed by atoms with E-state index in [4.69, 9.17) is 15.0 Å². The molecule has 53 heavy (non-hydrogen) atoms. The molecular formula is C48H32N4S. The Balaban J connectivity index is 1.14. The van der Waals surface area contributed by atoms with Crippen LogP contribution in [-0.4, -0.2) is 19.5 Å². The van der Waals surface area contributed by atoms with E-state index in [-0.39, 0.29) is 5.41 Å². The maximum absolute atomic E-state index is 5.24. The maximum atomic E-state index is 5.24. The van der Waals surface area contributed by atoms with E-state index < -0.39 is 0 Å². The second kappa shape index (κ2) is 11.3. The van der Waals surface area contributed by atoms with Crippen molar-refractivity contribution < 1.29 is 0 Å². The van der Waals surface area contributed by atoms with Crippen molar-refractivity contribution in [3.63, 3.8) is 0 Å². The molecule has 7 aromatic carbocycles. The second-order valence-corrected chi connectivity index (χ2v) is 15.5. The highest BCUT2D eigenvalue weighted by Gasteiger charge is 2.36. The molecule has 0 bridgehead atoms. The van der Waals surface area contributed by atoms with Gasteiger partial charge in [0.25, 0.3) is 0 Å². The minimum absolute atomic E-state index is 0.0737. The first-order chi connectivity index (χ1) is 26.0. The van der Waals surface area contributed by atoms with Crippen molar-refractivity contribution in [3.05, 3.63) is 169 Å². The van der Waals surface area contributed by atoms with Crippen LogP contribution in [0, 0.1) is 0 Å². The topological polar surface area (TPSA) is 43.6 Å². The van der Waals surface area contributed by atoms with E-state index >= 15 is 0 Å². The number of hydrogen-bond donors (Lipinski definition) is 0. The van der Waals surface area contributed by atoms with Gasteiger partial charge < -0.3 is 4.57 Å². The Hall–Kier alpha value is -6.43. The van der Waals surface area contributed by atoms with Crippen LogP contribution in [0.1, 0.15) is 25.0 Å². The maximum Gasteiger partial charge on any atom is 0.164 e. The van der Waals surface area contributed by atoms with Crippen LogP contribution < -0.4 is 0 Å². The summed E-state index contributed by atoms with van der Waals surface area (Å²) in [6.45, 7) is 4.69. The highest BCUT2D eigenvalue weighted by molar-refractivity contribution is 7.25. The Kier molecular flexibility index (Phi) is 6.43. The number of benzene rings is 7. The SMILES string of the molecule is CC1(C)c2ccccc2-c2cc3c(cc21)c1ccccc1n3-c1cccc(-c2nc(-c3ccccc3)nc(-c3cccc4sc5ccccc5c34)n2)c1. The van der Waals surface area contributed by atoms with Crippen molar-refractivity contribution in [3.8, 4) is 51.0 Å². The third kappa shape index (κ3) is 4.51. The molecule has 0 unspecified atom stereocenters. The summed E-state index contributed by atoms with van der Waals surface area (Å²) in [4.78, 5) is 15.5. The van der Waals surface area contributed by atoms with Crippen molar-refractivity contribution >= 4 is 53.3 Å². The number of para-hydroxylation sites is 1. The summed E-state index contributed by atoms with van der Waals surface area (Å²) in [6, 6.07) is 56.4. The van der Waals surface area contributed by atoms with Gasteiger partial charge in [-0.3, -0.25) is 0 Å². The normalized spacial score (nSPS) is 13.2. The van der Waals surface area contributed by atoms with Gasteiger partial charge >= 0.3 is 0 Å². The molecule has 11 rings (SSSR count). The summed E-state index contributed by atoms with van der Waals surface area (Å²) in [7, 11) is 0. The summed E-state index contributed by atoms with van der Waals surface area (Å²) in [5.41, 5.74) is 11.6. The standard InChI is InChI=1S/C48H32N4S/c1-48(2)38-22-9-6-18-32(38)36-28-41-37(27-39(36)48)33-19-7-10-23-40(33)52(41)31-17-12-16-30(26-31)46-49-45(29-14-4-3-5-15-29)50-47(51-46)35-21-13-25-43-44(35)34-20-8-11-24-42(34)53-43/h3-28H,1-2H3. The zero-order valence-corrected chi connectivity index (χ0v) is 30.0. The fourth-order valence-corrected chi connectivity index (χ4v) is 9.66. The molecule has 250 valence electrons. The summed E-state index contributed by atoms with van der Waals surface area (Å²) in [5, 5.41) is 4.90. The van der Waals surface area contributed by atoms with Gasteiger partial charge in [-0.25, -0.2) is 15.0 Å². The van der Waals surface area contributed by atoms with Crippen molar-refractivity contribution in [2.75, 3.05) is 0 Å². The van der Waals surface area contributed by atoms with Crippen molar-refractivity contribution in [2.45, 2.75) is 19.3 Å². The molecule has 0 N–H and O–H groups in total. The minimum atomic E-state index is -0.0737. The average molecular weight is 697 g/mol. The predicted molar refractivity (Wildman–Crippen MR) is 221 cm³/mol. The molecule has 3 heterocycles. The minimum Gasteiger partial charge on any atom is -0.309 e. The first kappa shape index (κ1) is 30.2. The van der Waals surface area contributed by atoms with Crippen LogP contribution in [0.5, 0.6) is 0 Å². The molecule has 1 aliphatic rings. The van der Waals surface area contributed by atoms with Crippen LogP contribution in [0.25, 0.3) is 93.0 Å². The molecule has 0 saturated heterocycles. The molecule has 3 aromatic heterocycles. The Morgan fingerprint density at radius 1 is 0.453 bits per heavy atom. The second-order valence-electron chi connectivity index (χ2n) is 14.4. The van der Waals surface area contributed by atoms with Crippen LogP contribution in [0.2, 0.25) is 0 Å². The van der Waals surface area contributed by atoms with E-state index in [0.29, 0.717) is 17.5 Å². The number of aromatic nitrogens is 4. The van der Waals surface area contributed by atoms with Gasteiger partial charge in [-0.15, -0.1) is 11.3 Å². The third-order valence-corrected chi connectivity index (χ3v) is 12.2. The Morgan fingerprint density at radius 2 is 1.11 bits per heavy atom. The summed E-state index contributed by atoms with van der Waals surface area (Å²) >= 11 is 1.80. The van der Waals surface area contributed by atoms with Gasteiger partial charge in [0.15, 0.2) is 17.5 Å². The molecule has 0 atom stereocenters. The van der Waals surface area contributed by atoms with Crippen molar-refractivity contribution in [2.24, 2.45) is 0 Å². The molecule has 0 amide bonds. The first-order valence-electron chi connectivity index (χ1n) is 18.0. The van der Waals surface area contributed by atoms with E-state index in [1.807, 2.05) is 18.2 Å². The largest absolute Gasteiger partial charge is 0.309 e. The fourth-order valence-electron chi connectivity index (χ4n) is 8.53. The molecule has 0 aliphatic heterocycles. The summed E-state index contributed by atoms with van der Waals surface area (Å²) in [5.74, 6) is 1.97. The van der Waals surface area contributed by atoms with Crippen LogP contribution >= 0.6 is 11.3 Å². The molecular weight excluding hydrogens is 665 g/mol. The van der Waals surface area contributed by atoms with E-state index in [1.54, 1.807) is 11.3 Å². The van der Waals surface area contributed by atoms with Gasteiger partial charge in [0.05, 0.1) is 11.0 Å². The van der Waals surface area contributed by atoms with Gasteiger partial charge in [0.1, 0.15) is 0 Å². The fraction of sp³-hybridized carbons (Fsp3) is 0.0625. The van der Waals surface area contributed by atoms with Crippen LogP contribution in [0.15, 0.2) is 158 Å². The number of hydrogen-bond acceptors (Lipinski definition) is 4. The van der Waals surface area contributed by atoms with Crippen LogP contribution in [0.3, 0.4) is 0 Å². The molecule has 0 fully saturated rings. The molecule has 10 aromatic rings. The summed E-state index contributed by atoms with van der Waals surface area (Å²) in [6.07, 6.45) is 0. The van der Waals surface area contributed by atoms with Gasteiger partial charge in [-0.1, -0.05) is 129 Å². The van der Waals surface area contributed by atoms with Gasteiger partial charge in [-0.2, -0.15) is 0 Å². The van der Waals surface area contributed by atoms with Crippen LogP contribution in [0.4, 0.5) is 0 Å². The summed E-state index contributed by atoms with van der Waals surface area (Å²) < 4.78 is 4.88. The smallest absolute Gasteiger partial charge is 0.164 e. The number of rotatable bonds is 4. The zero-order chi connectivity index (χ0) is 35.3. The van der Waals surface area contributed by atoms with E-state index in [1.165, 1.54) is 64.2 Å². The van der Waals surface area contributed by atoms with Gasteiger partial charge in [0, 0.05) is 58.7 Å².